The molecule has 24 heavy (non-hydrogen) atoms. The highest BCUT2D eigenvalue weighted by Gasteiger charge is 2.14. The lowest BCUT2D eigenvalue weighted by molar-refractivity contribution is -0.131. The van der Waals surface area contributed by atoms with Crippen LogP contribution in [0.15, 0.2) is 46.3 Å². The van der Waals surface area contributed by atoms with Crippen molar-refractivity contribution in [3.05, 3.63) is 46.7 Å². The van der Waals surface area contributed by atoms with Gasteiger partial charge in [-0.1, -0.05) is 27.7 Å². The van der Waals surface area contributed by atoms with Crippen LogP contribution in [0.5, 0.6) is 0 Å². The summed E-state index contributed by atoms with van der Waals surface area (Å²) in [5.41, 5.74) is 1.68. The zero-order valence-electron chi connectivity index (χ0n) is 13.3. The second-order valence-electron chi connectivity index (χ2n) is 5.08. The first-order valence-corrected chi connectivity index (χ1v) is 8.93. The zero-order chi connectivity index (χ0) is 17.5. The molecule has 0 aliphatic heterocycles. The molecule has 1 heterocycles. The van der Waals surface area contributed by atoms with E-state index >= 15 is 0 Å². The van der Waals surface area contributed by atoms with Gasteiger partial charge in [0.2, 0.25) is 11.8 Å². The minimum Gasteiger partial charge on any atom is -0.336 e. The number of nitrogens with zero attached hydrogens (tertiary/aromatic N) is 3. The average Bonchev–Trinajstić information content (AvgIpc) is 2.56. The van der Waals surface area contributed by atoms with Crippen molar-refractivity contribution in [3.8, 4) is 0 Å². The summed E-state index contributed by atoms with van der Waals surface area (Å²) in [6.45, 7) is 1.90. The molecule has 1 N–H and O–H groups in total. The van der Waals surface area contributed by atoms with Gasteiger partial charge in [-0.05, 0) is 36.8 Å². The number of hydrogen-bond acceptors (Lipinski definition) is 5. The van der Waals surface area contributed by atoms with Crippen molar-refractivity contribution in [2.75, 3.05) is 24.7 Å². The van der Waals surface area contributed by atoms with Crippen LogP contribution < -0.4 is 5.32 Å². The molecule has 2 amide bonds. The molecular formula is C16H17BrN4O2S. The third-order valence-corrected chi connectivity index (χ3v) is 4.49. The molecule has 0 unspecified atom stereocenters. The first-order chi connectivity index (χ1) is 11.5. The number of anilines is 1. The van der Waals surface area contributed by atoms with Crippen LogP contribution in [0.3, 0.4) is 0 Å². The molecule has 2 aromatic rings. The first kappa shape index (κ1) is 18.4. The molecule has 0 fully saturated rings. The fourth-order valence-corrected chi connectivity index (χ4v) is 3.08. The van der Waals surface area contributed by atoms with Gasteiger partial charge in [0.15, 0.2) is 5.16 Å². The first-order valence-electron chi connectivity index (χ1n) is 7.15. The van der Waals surface area contributed by atoms with Gasteiger partial charge in [0.05, 0.1) is 12.3 Å². The van der Waals surface area contributed by atoms with E-state index in [0.717, 1.165) is 15.7 Å². The third kappa shape index (κ3) is 5.61. The number of nitrogens with one attached hydrogen (secondary N) is 1. The van der Waals surface area contributed by atoms with Crippen LogP contribution in [0.2, 0.25) is 0 Å². The van der Waals surface area contributed by atoms with Gasteiger partial charge in [0.25, 0.3) is 0 Å². The van der Waals surface area contributed by atoms with E-state index < -0.39 is 0 Å². The Hall–Kier alpha value is -1.93. The van der Waals surface area contributed by atoms with E-state index in [2.05, 4.69) is 31.2 Å². The molecule has 0 saturated carbocycles. The minimum absolute atomic E-state index is 0.00938. The number of hydrogen-bond donors (Lipinski definition) is 1. The quantitative estimate of drug-likeness (QED) is 0.587. The Morgan fingerprint density at radius 2 is 2.00 bits per heavy atom. The number of amides is 2. The van der Waals surface area contributed by atoms with E-state index in [1.165, 1.54) is 16.7 Å². The van der Waals surface area contributed by atoms with E-state index in [9.17, 15) is 9.59 Å². The molecule has 2 rings (SSSR count). The number of aryl methyl sites for hydroxylation is 1. The number of rotatable bonds is 6. The summed E-state index contributed by atoms with van der Waals surface area (Å²) in [7, 11) is 1.60. The van der Waals surface area contributed by atoms with E-state index in [1.54, 1.807) is 25.5 Å². The summed E-state index contributed by atoms with van der Waals surface area (Å²) in [5, 5.41) is 3.35. The predicted molar refractivity (Wildman–Crippen MR) is 97.9 cm³/mol. The molecule has 8 heteroatoms. The second-order valence-corrected chi connectivity index (χ2v) is 6.94. The molecule has 0 aliphatic rings. The van der Waals surface area contributed by atoms with Gasteiger partial charge in [-0.25, -0.2) is 9.97 Å². The van der Waals surface area contributed by atoms with Crippen molar-refractivity contribution in [1.29, 1.82) is 0 Å². The van der Waals surface area contributed by atoms with Crippen LogP contribution >= 0.6 is 27.7 Å². The highest BCUT2D eigenvalue weighted by atomic mass is 79.9. The number of benzene rings is 1. The summed E-state index contributed by atoms with van der Waals surface area (Å²) in [4.78, 5) is 33.6. The maximum atomic E-state index is 12.1. The van der Waals surface area contributed by atoms with Crippen LogP contribution in [-0.2, 0) is 9.59 Å². The van der Waals surface area contributed by atoms with Crippen LogP contribution in [0.4, 0.5) is 5.69 Å². The molecule has 0 saturated heterocycles. The van der Waals surface area contributed by atoms with E-state index in [-0.39, 0.29) is 24.1 Å². The maximum Gasteiger partial charge on any atom is 0.243 e. The molecular weight excluding hydrogens is 392 g/mol. The summed E-state index contributed by atoms with van der Waals surface area (Å²) >= 11 is 4.62. The maximum absolute atomic E-state index is 12.1. The number of carbonyl (C=O) groups is 2. The number of halogens is 1. The van der Waals surface area contributed by atoms with Gasteiger partial charge >= 0.3 is 0 Å². The molecule has 0 radical (unpaired) electrons. The standard InChI is InChI=1S/C16H17BrN4O2S/c1-11-8-12(17)4-5-13(11)20-14(22)9-21(2)15(23)10-24-16-18-6-3-7-19-16/h3-8H,9-10H2,1-2H3,(H,20,22). The molecule has 6 nitrogen and oxygen atoms in total. The molecule has 1 aromatic heterocycles. The Bertz CT molecular complexity index is 727. The number of carbonyl (C=O) groups excluding carboxylic acids is 2. The molecule has 0 aliphatic carbocycles. The van der Waals surface area contributed by atoms with Gasteiger partial charge in [0.1, 0.15) is 0 Å². The van der Waals surface area contributed by atoms with Crippen molar-refractivity contribution in [2.24, 2.45) is 0 Å². The SMILES string of the molecule is Cc1cc(Br)ccc1NC(=O)CN(C)C(=O)CSc1ncccn1. The second kappa shape index (κ2) is 8.79. The molecule has 0 bridgehead atoms. The van der Waals surface area contributed by atoms with Gasteiger partial charge in [-0.15, -0.1) is 0 Å². The fraction of sp³-hybridized carbons (Fsp3) is 0.250. The average molecular weight is 409 g/mol. The Labute approximate surface area is 153 Å². The molecule has 0 atom stereocenters. The number of aromatic nitrogens is 2. The fourth-order valence-electron chi connectivity index (χ4n) is 1.86. The smallest absolute Gasteiger partial charge is 0.243 e. The topological polar surface area (TPSA) is 75.2 Å². The lowest BCUT2D eigenvalue weighted by Crippen LogP contribution is -2.36. The van der Waals surface area contributed by atoms with Crippen molar-refractivity contribution >= 4 is 45.2 Å². The Morgan fingerprint density at radius 1 is 1.29 bits per heavy atom. The Kier molecular flexibility index (Phi) is 6.74. The molecule has 0 spiro atoms. The van der Waals surface area contributed by atoms with E-state index in [0.29, 0.717) is 5.16 Å². The normalized spacial score (nSPS) is 10.3. The van der Waals surface area contributed by atoms with Crippen LogP contribution in [0, 0.1) is 6.92 Å². The Morgan fingerprint density at radius 3 is 2.67 bits per heavy atom. The third-order valence-electron chi connectivity index (χ3n) is 3.14. The van der Waals surface area contributed by atoms with Gasteiger partial charge in [-0.3, -0.25) is 9.59 Å². The van der Waals surface area contributed by atoms with Crippen molar-refractivity contribution in [2.45, 2.75) is 12.1 Å². The zero-order valence-corrected chi connectivity index (χ0v) is 15.7. The monoisotopic (exact) mass is 408 g/mol. The minimum atomic E-state index is -0.239. The van der Waals surface area contributed by atoms with Gasteiger partial charge < -0.3 is 10.2 Å². The van der Waals surface area contributed by atoms with Crippen LogP contribution in [-0.4, -0.2) is 46.0 Å². The number of thioether (sulfide) groups is 1. The van der Waals surface area contributed by atoms with Gasteiger partial charge in [-0.2, -0.15) is 0 Å². The van der Waals surface area contributed by atoms with Crippen molar-refractivity contribution in [1.82, 2.24) is 14.9 Å². The summed E-state index contributed by atoms with van der Waals surface area (Å²) in [5.74, 6) is -0.210. The van der Waals surface area contributed by atoms with Crippen molar-refractivity contribution < 1.29 is 9.59 Å². The summed E-state index contributed by atoms with van der Waals surface area (Å²) < 4.78 is 0.949. The summed E-state index contributed by atoms with van der Waals surface area (Å²) in [6, 6.07) is 7.31. The summed E-state index contributed by atoms with van der Waals surface area (Å²) in [6.07, 6.45) is 3.25. The molecule has 1 aromatic carbocycles. The lowest BCUT2D eigenvalue weighted by atomic mass is 10.2. The van der Waals surface area contributed by atoms with Gasteiger partial charge in [0, 0.05) is 29.6 Å². The molecule has 126 valence electrons. The highest BCUT2D eigenvalue weighted by molar-refractivity contribution is 9.10. The van der Waals surface area contributed by atoms with E-state index in [1.807, 2.05) is 25.1 Å². The Balaban J connectivity index is 1.83. The van der Waals surface area contributed by atoms with Crippen LogP contribution in [0.1, 0.15) is 5.56 Å². The van der Waals surface area contributed by atoms with E-state index in [4.69, 9.17) is 0 Å². The highest BCUT2D eigenvalue weighted by Crippen LogP contribution is 2.20. The van der Waals surface area contributed by atoms with Crippen molar-refractivity contribution in [3.63, 3.8) is 0 Å². The predicted octanol–water partition coefficient (Wildman–Crippen LogP) is 2.74. The van der Waals surface area contributed by atoms with Crippen LogP contribution in [0.25, 0.3) is 0 Å². The lowest BCUT2D eigenvalue weighted by Gasteiger charge is -2.17. The largest absolute Gasteiger partial charge is 0.336 e. The number of likely N-dealkylation sites (N-methyl/N-ethyl adjacent to an activating group) is 1.